The van der Waals surface area contributed by atoms with Gasteiger partial charge in [-0.2, -0.15) is 13.8 Å². The fourth-order valence-corrected chi connectivity index (χ4v) is 14.2. The molecule has 385 valence electrons. The Morgan fingerprint density at radius 3 is 0.970 bits per heavy atom. The van der Waals surface area contributed by atoms with E-state index in [1.807, 2.05) is 46.8 Å². The Kier molecular flexibility index (Phi) is 74.9. The molecule has 6 aliphatic carbocycles. The molecule has 6 fully saturated rings. The van der Waals surface area contributed by atoms with Gasteiger partial charge in [0.25, 0.3) is 0 Å². The van der Waals surface area contributed by atoms with Crippen LogP contribution < -0.4 is 0 Å². The molecule has 0 aromatic heterocycles. The SMILES string of the molecule is C.C.C=C/C=C/C.CC.CC.CCC.CCC.[CH2-]C.[CH2-]C.[CH3-].[CH3-].[CH3-].[CH3-].[CH3-].[SiH3]C1CC(c2ccccc2)C2CC3CCCC3CC12.[SiH3]C1CC(c2ccccc2)C2CC3CCCC3CC12.[Ti+3].[Ti+4]. The molecule has 0 nitrogen and oxygen atoms in total. The molecule has 2 aromatic rings. The first-order valence-corrected chi connectivity index (χ1v) is 27.0. The average Bonchev–Trinajstić information content (AvgIpc) is 4.07. The Hall–Kier alpha value is -0.218. The zero-order chi connectivity index (χ0) is 43.2. The molecule has 6 aliphatic rings. The maximum atomic E-state index is 3.46. The number of hydrogen-bond donors (Lipinski definition) is 0. The number of benzene rings is 2. The van der Waals surface area contributed by atoms with Crippen molar-refractivity contribution in [1.29, 1.82) is 0 Å². The number of rotatable bonds is 3. The smallest absolute Gasteiger partial charge is 0.358 e. The Bertz CT molecular complexity index is 1130. The molecule has 1 radical (unpaired) electrons. The first-order valence-electron chi connectivity index (χ1n) is 24.6. The zero-order valence-corrected chi connectivity index (χ0v) is 53.6. The Labute approximate surface area is 459 Å². The number of allylic oxidation sites excluding steroid dienone is 3. The molecule has 8 rings (SSSR count). The van der Waals surface area contributed by atoms with Gasteiger partial charge in [0.15, 0.2) is 0 Å². The van der Waals surface area contributed by atoms with Crippen LogP contribution in [0.1, 0.15) is 204 Å². The van der Waals surface area contributed by atoms with E-state index in [0.29, 0.717) is 0 Å². The van der Waals surface area contributed by atoms with Crippen molar-refractivity contribution in [2.24, 2.45) is 47.3 Å². The van der Waals surface area contributed by atoms with Crippen LogP contribution in [0.25, 0.3) is 0 Å². The van der Waals surface area contributed by atoms with Crippen molar-refractivity contribution in [1.82, 2.24) is 0 Å². The van der Waals surface area contributed by atoms with Crippen molar-refractivity contribution in [2.45, 2.75) is 204 Å². The predicted molar refractivity (Wildman–Crippen MR) is 316 cm³/mol. The summed E-state index contributed by atoms with van der Waals surface area (Å²) in [5.74, 6) is 10.5. The van der Waals surface area contributed by atoms with E-state index in [1.165, 1.54) is 59.0 Å². The van der Waals surface area contributed by atoms with E-state index in [-0.39, 0.29) is 95.4 Å². The van der Waals surface area contributed by atoms with Gasteiger partial charge in [-0.15, -0.1) is 0 Å². The largest absolute Gasteiger partial charge is 4.00 e. The van der Waals surface area contributed by atoms with E-state index >= 15 is 0 Å². The minimum atomic E-state index is 0. The van der Waals surface area contributed by atoms with Crippen molar-refractivity contribution in [3.63, 3.8) is 0 Å². The molecule has 0 amide bonds. The zero-order valence-electron chi connectivity index (χ0n) is 46.5. The molecule has 0 saturated heterocycles. The molecule has 0 N–H and O–H groups in total. The van der Waals surface area contributed by atoms with Gasteiger partial charge in [-0.3, -0.25) is 0 Å². The van der Waals surface area contributed by atoms with Gasteiger partial charge in [0.1, 0.15) is 0 Å². The third-order valence-corrected chi connectivity index (χ3v) is 16.2. The second kappa shape index (κ2) is 55.7. The van der Waals surface area contributed by atoms with Crippen LogP contribution in [0, 0.1) is 98.3 Å². The van der Waals surface area contributed by atoms with Crippen LogP contribution in [-0.4, -0.2) is 20.5 Å². The second-order valence-electron chi connectivity index (χ2n) is 17.1. The van der Waals surface area contributed by atoms with Gasteiger partial charge < -0.3 is 51.0 Å². The van der Waals surface area contributed by atoms with Crippen LogP contribution in [0.5, 0.6) is 0 Å². The molecular weight excluding hydrogens is 897 g/mol. The summed E-state index contributed by atoms with van der Waals surface area (Å²) in [4.78, 5) is 0. The summed E-state index contributed by atoms with van der Waals surface area (Å²) < 4.78 is 0. The van der Waals surface area contributed by atoms with Gasteiger partial charge in [0.05, 0.1) is 0 Å². The molecule has 12 unspecified atom stereocenters. The molecule has 0 spiro atoms. The topological polar surface area (TPSA) is 0 Å². The Balaban J connectivity index is -0.0000000789. The summed E-state index contributed by atoms with van der Waals surface area (Å²) in [6, 6.07) is 22.9. The predicted octanol–water partition coefficient (Wildman–Crippen LogP) is 19.4. The molecule has 12 atom stereocenters. The van der Waals surface area contributed by atoms with E-state index < -0.39 is 0 Å². The van der Waals surface area contributed by atoms with E-state index in [2.05, 4.69) is 109 Å². The van der Waals surface area contributed by atoms with E-state index in [4.69, 9.17) is 0 Å². The van der Waals surface area contributed by atoms with Crippen molar-refractivity contribution < 1.29 is 43.4 Å². The molecule has 0 aliphatic heterocycles. The van der Waals surface area contributed by atoms with Crippen molar-refractivity contribution >= 4 is 20.5 Å². The van der Waals surface area contributed by atoms with Crippen molar-refractivity contribution in [3.8, 4) is 0 Å². The summed E-state index contributed by atoms with van der Waals surface area (Å²) in [5.41, 5.74) is 5.48. The van der Waals surface area contributed by atoms with E-state index in [9.17, 15) is 0 Å². The summed E-state index contributed by atoms with van der Waals surface area (Å²) in [6.07, 6.45) is 26.6. The van der Waals surface area contributed by atoms with Crippen LogP contribution in [0.2, 0.25) is 11.1 Å². The van der Waals surface area contributed by atoms with E-state index in [1.54, 1.807) is 82.4 Å². The minimum absolute atomic E-state index is 0. The van der Waals surface area contributed by atoms with Crippen LogP contribution >= 0.6 is 0 Å². The number of fused-ring (bicyclic) bond motifs is 4. The molecule has 4 heteroatoms. The maximum Gasteiger partial charge on any atom is 4.00 e. The third-order valence-electron chi connectivity index (χ3n) is 13.6. The standard InChI is InChI=1S/2C18H26Si.C5H8.2C3H8.2C2H6.2C2H5.2CH4.5CH3.2Ti/c2*19-18-11-15(12-5-2-1-3-6-12)16-9-13-7-4-8-14(13)10-17(16)18;1-3-5-4-2;2*1-3-2;4*1-2;;;;;;;;;/h2*1-3,5-6,13-18H,4,7-11H2,19H3;3-5H,1H2,2H3;2*3H2,1-2H3;2*1-2H3;2*1H2,2H3;2*1H4;5*1H3;;/q;;;;;;;2*-1;;;5*-1;+3;+4/b;;5-4+;;;;;;;;;;;;;;;. The van der Waals surface area contributed by atoms with E-state index in [0.717, 1.165) is 70.3 Å². The van der Waals surface area contributed by atoms with Gasteiger partial charge in [-0.1, -0.05) is 218 Å². The minimum Gasteiger partial charge on any atom is -0.358 e. The fraction of sp³-hybridized carbons (Fsp3) is 0.629. The van der Waals surface area contributed by atoms with Gasteiger partial charge in [0, 0.05) is 20.5 Å². The number of hydrogen-bond acceptors (Lipinski definition) is 0. The second-order valence-corrected chi connectivity index (χ2v) is 20.1. The van der Waals surface area contributed by atoms with Gasteiger partial charge in [-0.25, -0.2) is 0 Å². The Morgan fingerprint density at radius 2 is 0.758 bits per heavy atom. The quantitative estimate of drug-likeness (QED) is 0.163. The summed E-state index contributed by atoms with van der Waals surface area (Å²) in [7, 11) is 2.84. The van der Waals surface area contributed by atoms with Gasteiger partial charge in [0.2, 0.25) is 0 Å². The average molecular weight is 1020 g/mol. The summed E-state index contributed by atoms with van der Waals surface area (Å²) in [5, 5.41) is 0. The third kappa shape index (κ3) is 28.6. The molecule has 6 saturated carbocycles. The molecule has 2 aromatic carbocycles. The maximum absolute atomic E-state index is 3.46. The first-order chi connectivity index (χ1) is 27.9. The molecule has 0 heterocycles. The van der Waals surface area contributed by atoms with Gasteiger partial charge in [-0.05, 0) is 116 Å². The molecule has 0 bridgehead atoms. The van der Waals surface area contributed by atoms with Gasteiger partial charge >= 0.3 is 43.4 Å². The summed E-state index contributed by atoms with van der Waals surface area (Å²) in [6.45, 7) is 31.9. The van der Waals surface area contributed by atoms with Crippen LogP contribution in [-0.2, 0) is 43.4 Å². The Morgan fingerprint density at radius 1 is 0.515 bits per heavy atom. The van der Waals surface area contributed by atoms with Crippen LogP contribution in [0.3, 0.4) is 0 Å². The monoisotopic (exact) mass is 1020 g/mol. The van der Waals surface area contributed by atoms with Crippen LogP contribution in [0.4, 0.5) is 0 Å². The van der Waals surface area contributed by atoms with Crippen molar-refractivity contribution in [2.75, 3.05) is 0 Å². The summed E-state index contributed by atoms with van der Waals surface area (Å²) >= 11 is 0. The molecular formula is C62H121Si2Ti2. The molecule has 66 heavy (non-hydrogen) atoms. The normalized spacial score (nSPS) is 27.5. The fourth-order valence-electron chi connectivity index (χ4n) is 11.6. The van der Waals surface area contributed by atoms with Crippen molar-refractivity contribution in [3.05, 3.63) is 148 Å². The first kappa shape index (κ1) is 88.7. The van der Waals surface area contributed by atoms with Crippen LogP contribution in [0.15, 0.2) is 85.5 Å².